The molecule has 0 radical (unpaired) electrons. The van der Waals surface area contributed by atoms with Gasteiger partial charge in [-0.3, -0.25) is 9.59 Å². The molecule has 1 amide bonds. The van der Waals surface area contributed by atoms with Gasteiger partial charge in [-0.15, -0.1) is 0 Å². The van der Waals surface area contributed by atoms with Crippen molar-refractivity contribution in [2.45, 2.75) is 359 Å². The molecule has 6 N–H and O–H groups in total. The number of amides is 1. The summed E-state index contributed by atoms with van der Waals surface area (Å²) in [6.07, 6.45) is 54.6. The number of ether oxygens (including phenoxy) is 3. The predicted octanol–water partition coefficient (Wildman–Crippen LogP) is 15.8. The maximum atomic E-state index is 13.4. The molecule has 1 saturated heterocycles. The van der Waals surface area contributed by atoms with Gasteiger partial charge >= 0.3 is 5.97 Å². The first-order valence-corrected chi connectivity index (χ1v) is 32.8. The lowest BCUT2D eigenvalue weighted by atomic mass is 9.99. The van der Waals surface area contributed by atoms with Crippen LogP contribution in [0.1, 0.15) is 310 Å². The molecule has 11 nitrogen and oxygen atoms in total. The monoisotopic (exact) mass is 1090 g/mol. The second-order valence-electron chi connectivity index (χ2n) is 22.9. The number of aliphatic hydroxyl groups excluding tert-OH is 5. The smallest absolute Gasteiger partial charge is 0.306 e. The Labute approximate surface area is 473 Å². The summed E-state index contributed by atoms with van der Waals surface area (Å²) in [5.41, 5.74) is 0. The quantitative estimate of drug-likeness (QED) is 0.0195. The van der Waals surface area contributed by atoms with Crippen LogP contribution in [0.25, 0.3) is 0 Å². The van der Waals surface area contributed by atoms with Crippen molar-refractivity contribution in [2.24, 2.45) is 0 Å². The van der Waals surface area contributed by atoms with E-state index in [1.54, 1.807) is 6.08 Å². The molecule has 0 aromatic heterocycles. The van der Waals surface area contributed by atoms with E-state index in [2.05, 4.69) is 50.4 Å². The Morgan fingerprint density at radius 3 is 1.35 bits per heavy atom. The second-order valence-corrected chi connectivity index (χ2v) is 22.9. The van der Waals surface area contributed by atoms with Gasteiger partial charge in [0.15, 0.2) is 12.4 Å². The molecule has 1 fully saturated rings. The van der Waals surface area contributed by atoms with Crippen LogP contribution in [0.3, 0.4) is 0 Å². The summed E-state index contributed by atoms with van der Waals surface area (Å²) in [4.78, 5) is 26.6. The van der Waals surface area contributed by atoms with Crippen LogP contribution in [0.15, 0.2) is 36.5 Å². The Morgan fingerprint density at radius 2 is 0.896 bits per heavy atom. The van der Waals surface area contributed by atoms with Crippen molar-refractivity contribution >= 4 is 11.9 Å². The Kier molecular flexibility index (Phi) is 51.6. The molecule has 0 bridgehead atoms. The van der Waals surface area contributed by atoms with Gasteiger partial charge in [-0.05, 0) is 57.8 Å². The van der Waals surface area contributed by atoms with Crippen molar-refractivity contribution < 1.29 is 49.3 Å². The number of carbonyl (C=O) groups excluding carboxylic acids is 2. The van der Waals surface area contributed by atoms with Gasteiger partial charge in [0.1, 0.15) is 24.4 Å². The van der Waals surface area contributed by atoms with Gasteiger partial charge < -0.3 is 45.1 Å². The Hall–Kier alpha value is -2.12. The Morgan fingerprint density at radius 1 is 0.506 bits per heavy atom. The molecule has 77 heavy (non-hydrogen) atoms. The minimum Gasteiger partial charge on any atom is -0.454 e. The van der Waals surface area contributed by atoms with E-state index in [1.165, 1.54) is 193 Å². The third kappa shape index (κ3) is 42.4. The lowest BCUT2D eigenvalue weighted by molar-refractivity contribution is -0.305. The summed E-state index contributed by atoms with van der Waals surface area (Å²) in [5, 5.41) is 57.1. The average Bonchev–Trinajstić information content (AvgIpc) is 3.43. The van der Waals surface area contributed by atoms with Gasteiger partial charge in [0.25, 0.3) is 0 Å². The highest BCUT2D eigenvalue weighted by Gasteiger charge is 2.47. The van der Waals surface area contributed by atoms with Gasteiger partial charge in [0.05, 0.1) is 25.4 Å². The molecule has 8 atom stereocenters. The topological polar surface area (TPSA) is 175 Å². The zero-order valence-electron chi connectivity index (χ0n) is 50.1. The predicted molar refractivity (Wildman–Crippen MR) is 320 cm³/mol. The van der Waals surface area contributed by atoms with E-state index in [4.69, 9.17) is 14.2 Å². The first-order valence-electron chi connectivity index (χ1n) is 32.8. The first-order chi connectivity index (χ1) is 37.7. The fraction of sp³-hybridized carbons (Fsp3) is 0.879. The molecule has 8 unspecified atom stereocenters. The number of unbranched alkanes of at least 4 members (excludes halogenated alkanes) is 38. The molecule has 1 rings (SSSR count). The van der Waals surface area contributed by atoms with Gasteiger partial charge in [0, 0.05) is 6.42 Å². The lowest BCUT2D eigenvalue weighted by Crippen LogP contribution is -2.61. The van der Waals surface area contributed by atoms with Crippen LogP contribution < -0.4 is 5.32 Å². The summed E-state index contributed by atoms with van der Waals surface area (Å²) < 4.78 is 17.7. The standard InChI is InChI=1S/C66H123NO10/c1-4-7-10-13-16-19-22-25-27-29-31-32-35-38-41-44-47-50-53-59(70)65(74)67-57(58(69)52-49-46-43-40-37-34-24-21-18-15-12-9-6-3)56-75-66-64(63(73)62(72)60(55-68)76-66)77-61(71)54-51-48-45-42-39-36-33-30-28-26-23-20-17-14-11-8-5-2/h16,19,25,27,49,52,57-60,62-64,66,68-70,72-73H,4-15,17-18,20-24,26,28-48,50-51,53-56H2,1-3H3,(H,67,74)/b19-16-,27-25-,52-49+. The number of hydrogen-bond acceptors (Lipinski definition) is 10. The minimum atomic E-state index is -1.61. The minimum absolute atomic E-state index is 0.128. The van der Waals surface area contributed by atoms with Crippen molar-refractivity contribution in [1.82, 2.24) is 5.32 Å². The normalized spacial score (nSPS) is 19.2. The maximum absolute atomic E-state index is 13.4. The third-order valence-electron chi connectivity index (χ3n) is 15.5. The van der Waals surface area contributed by atoms with Crippen molar-refractivity contribution in [3.8, 4) is 0 Å². The second kappa shape index (κ2) is 54.5. The Balaban J connectivity index is 2.66. The van der Waals surface area contributed by atoms with Crippen LogP contribution in [0.5, 0.6) is 0 Å². The number of esters is 1. The zero-order chi connectivity index (χ0) is 56.1. The largest absolute Gasteiger partial charge is 0.454 e. The van der Waals surface area contributed by atoms with E-state index < -0.39 is 67.4 Å². The molecule has 11 heteroatoms. The van der Waals surface area contributed by atoms with Crippen molar-refractivity contribution in [3.63, 3.8) is 0 Å². The molecule has 0 aromatic rings. The summed E-state index contributed by atoms with van der Waals surface area (Å²) in [5.74, 6) is -1.19. The van der Waals surface area contributed by atoms with Crippen LogP contribution in [-0.4, -0.2) is 99.6 Å². The van der Waals surface area contributed by atoms with Crippen LogP contribution in [0.2, 0.25) is 0 Å². The van der Waals surface area contributed by atoms with Gasteiger partial charge in [-0.1, -0.05) is 282 Å². The molecule has 0 aliphatic carbocycles. The van der Waals surface area contributed by atoms with Gasteiger partial charge in [0.2, 0.25) is 5.91 Å². The van der Waals surface area contributed by atoms with Crippen LogP contribution in [-0.2, 0) is 23.8 Å². The van der Waals surface area contributed by atoms with E-state index in [9.17, 15) is 35.1 Å². The van der Waals surface area contributed by atoms with Crippen molar-refractivity contribution in [1.29, 1.82) is 0 Å². The van der Waals surface area contributed by atoms with E-state index >= 15 is 0 Å². The number of carbonyl (C=O) groups is 2. The molecular weight excluding hydrogens is 967 g/mol. The molecule has 1 heterocycles. The lowest BCUT2D eigenvalue weighted by Gasteiger charge is -2.41. The molecular formula is C66H123NO10. The van der Waals surface area contributed by atoms with Gasteiger partial charge in [-0.2, -0.15) is 0 Å². The summed E-state index contributed by atoms with van der Waals surface area (Å²) in [7, 11) is 0. The summed E-state index contributed by atoms with van der Waals surface area (Å²) in [6.45, 7) is 5.80. The number of aliphatic hydroxyl groups is 5. The van der Waals surface area contributed by atoms with Gasteiger partial charge in [-0.25, -0.2) is 0 Å². The summed E-state index contributed by atoms with van der Waals surface area (Å²) >= 11 is 0. The van der Waals surface area contributed by atoms with Crippen LogP contribution >= 0.6 is 0 Å². The van der Waals surface area contributed by atoms with Crippen molar-refractivity contribution in [3.05, 3.63) is 36.5 Å². The van der Waals surface area contributed by atoms with Crippen LogP contribution in [0, 0.1) is 0 Å². The average molecular weight is 1090 g/mol. The highest BCUT2D eigenvalue weighted by atomic mass is 16.7. The van der Waals surface area contributed by atoms with E-state index in [-0.39, 0.29) is 19.4 Å². The van der Waals surface area contributed by atoms with E-state index in [1.807, 2.05) is 6.08 Å². The van der Waals surface area contributed by atoms with E-state index in [0.29, 0.717) is 12.8 Å². The third-order valence-corrected chi connectivity index (χ3v) is 15.5. The van der Waals surface area contributed by atoms with Crippen LogP contribution in [0.4, 0.5) is 0 Å². The highest BCUT2D eigenvalue weighted by molar-refractivity contribution is 5.80. The molecule has 452 valence electrons. The molecule has 0 spiro atoms. The summed E-state index contributed by atoms with van der Waals surface area (Å²) in [6, 6.07) is -1.02. The number of rotatable bonds is 56. The number of nitrogens with one attached hydrogen (secondary N) is 1. The first kappa shape index (κ1) is 72.9. The zero-order valence-corrected chi connectivity index (χ0v) is 50.1. The number of allylic oxidation sites excluding steroid dienone is 5. The maximum Gasteiger partial charge on any atom is 0.306 e. The SMILES string of the molecule is CCCCC/C=C\C/C=C\CCCCCCCCCCC(O)C(=O)NC(COC1OC(CO)C(O)C(O)C1OC(=O)CCCCCCCCCCCCCCCCCCC)C(O)/C=C/CCCCCCCCCCCCC. The highest BCUT2D eigenvalue weighted by Crippen LogP contribution is 2.26. The molecule has 0 aromatic carbocycles. The fourth-order valence-electron chi connectivity index (χ4n) is 10.3. The molecule has 1 aliphatic heterocycles. The Bertz CT molecular complexity index is 1390. The molecule has 0 saturated carbocycles. The van der Waals surface area contributed by atoms with Crippen molar-refractivity contribution in [2.75, 3.05) is 13.2 Å². The number of hydrogen-bond donors (Lipinski definition) is 6. The van der Waals surface area contributed by atoms with E-state index in [0.717, 1.165) is 70.6 Å². The molecule has 1 aliphatic rings. The fourth-order valence-corrected chi connectivity index (χ4v) is 10.3.